The summed E-state index contributed by atoms with van der Waals surface area (Å²) in [5.74, 6) is 0.128. The fourth-order valence-corrected chi connectivity index (χ4v) is 2.94. The van der Waals surface area contributed by atoms with Crippen LogP contribution in [0.5, 0.6) is 0 Å². The lowest BCUT2D eigenvalue weighted by atomic mass is 10.00. The predicted octanol–water partition coefficient (Wildman–Crippen LogP) is 2.17. The maximum atomic E-state index is 9.00. The molecule has 1 aromatic rings. The van der Waals surface area contributed by atoms with Crippen LogP contribution in [-0.2, 0) is 0 Å². The Morgan fingerprint density at radius 3 is 2.68 bits per heavy atom. The first kappa shape index (κ1) is 13.6. The minimum atomic E-state index is 0.0880. The number of aromatic nitrogens is 1. The van der Waals surface area contributed by atoms with Gasteiger partial charge in [0.1, 0.15) is 0 Å². The average molecular weight is 262 g/mol. The number of nitrogens with zero attached hydrogens (tertiary/aromatic N) is 3. The first-order valence-corrected chi connectivity index (χ1v) is 6.60. The van der Waals surface area contributed by atoms with Gasteiger partial charge in [-0.3, -0.25) is 4.98 Å². The van der Waals surface area contributed by atoms with Gasteiger partial charge in [-0.15, -0.1) is 0 Å². The summed E-state index contributed by atoms with van der Waals surface area (Å²) < 4.78 is 0. The van der Waals surface area contributed by atoms with E-state index in [1.165, 1.54) is 0 Å². The monoisotopic (exact) mass is 262 g/mol. The van der Waals surface area contributed by atoms with Crippen LogP contribution in [0.15, 0.2) is 11.2 Å². The molecule has 19 heavy (non-hydrogen) atoms. The van der Waals surface area contributed by atoms with E-state index in [9.17, 15) is 0 Å². The Balaban J connectivity index is 2.62. The molecule has 1 aromatic heterocycles. The zero-order chi connectivity index (χ0) is 14.2. The van der Waals surface area contributed by atoms with Gasteiger partial charge in [-0.2, -0.15) is 0 Å². The highest BCUT2D eigenvalue weighted by atomic mass is 16.4. The number of pyridine rings is 1. The first-order chi connectivity index (χ1) is 8.86. The highest BCUT2D eigenvalue weighted by molar-refractivity contribution is 6.03. The largest absolute Gasteiger partial charge is 0.409 e. The van der Waals surface area contributed by atoms with Gasteiger partial charge < -0.3 is 15.8 Å². The topological polar surface area (TPSA) is 74.7 Å². The highest BCUT2D eigenvalue weighted by Gasteiger charge is 2.34. The maximum Gasteiger partial charge on any atom is 0.174 e. The molecule has 0 spiro atoms. The lowest BCUT2D eigenvalue weighted by Crippen LogP contribution is -2.39. The molecule has 5 heteroatoms. The molecule has 0 atom stereocenters. The second-order valence-corrected chi connectivity index (χ2v) is 5.80. The smallest absolute Gasteiger partial charge is 0.174 e. The first-order valence-electron chi connectivity index (χ1n) is 6.60. The van der Waals surface area contributed by atoms with Gasteiger partial charge in [0.2, 0.25) is 0 Å². The van der Waals surface area contributed by atoms with Gasteiger partial charge in [-0.05, 0) is 46.6 Å². The van der Waals surface area contributed by atoms with Gasteiger partial charge >= 0.3 is 0 Å². The van der Waals surface area contributed by atoms with Crippen LogP contribution in [0.2, 0.25) is 0 Å². The normalized spacial score (nSPS) is 18.9. The molecular formula is C14H22N4O. The number of aryl methyl sites for hydroxylation is 2. The Bertz CT molecular complexity index is 522. The molecule has 104 valence electrons. The molecular weight excluding hydrogens is 240 g/mol. The summed E-state index contributed by atoms with van der Waals surface area (Å²) in [5, 5.41) is 12.2. The van der Waals surface area contributed by atoms with Crippen molar-refractivity contribution in [2.24, 2.45) is 10.9 Å². The van der Waals surface area contributed by atoms with Crippen LogP contribution in [0.1, 0.15) is 43.6 Å². The molecule has 1 fully saturated rings. The fraction of sp³-hybridized carbons (Fsp3) is 0.571. The molecule has 0 saturated carbocycles. The summed E-state index contributed by atoms with van der Waals surface area (Å²) in [6.07, 6.45) is 2.30. The summed E-state index contributed by atoms with van der Waals surface area (Å²) in [5.41, 5.74) is 9.43. The maximum absolute atomic E-state index is 9.00. The Kier molecular flexibility index (Phi) is 3.39. The third-order valence-electron chi connectivity index (χ3n) is 3.86. The molecule has 2 rings (SSSR count). The molecule has 5 nitrogen and oxygen atoms in total. The van der Waals surface area contributed by atoms with E-state index in [0.717, 1.165) is 42.0 Å². The zero-order valence-electron chi connectivity index (χ0n) is 12.1. The van der Waals surface area contributed by atoms with Crippen LogP contribution in [0.3, 0.4) is 0 Å². The summed E-state index contributed by atoms with van der Waals surface area (Å²) in [4.78, 5) is 6.76. The van der Waals surface area contributed by atoms with Crippen molar-refractivity contribution in [3.63, 3.8) is 0 Å². The SMILES string of the molecule is Cc1cc(N2CCCC2(C)C)c(/C(N)=N/O)c(C)n1. The van der Waals surface area contributed by atoms with E-state index >= 15 is 0 Å². The molecule has 0 aliphatic carbocycles. The lowest BCUT2D eigenvalue weighted by Gasteiger charge is -2.35. The average Bonchev–Trinajstić information content (AvgIpc) is 2.67. The molecule has 1 aliphatic rings. The summed E-state index contributed by atoms with van der Waals surface area (Å²) in [6.45, 7) is 9.30. The van der Waals surface area contributed by atoms with E-state index in [0.29, 0.717) is 0 Å². The van der Waals surface area contributed by atoms with Crippen molar-refractivity contribution < 1.29 is 5.21 Å². The fourth-order valence-electron chi connectivity index (χ4n) is 2.94. The van der Waals surface area contributed by atoms with Gasteiger partial charge in [-0.25, -0.2) is 0 Å². The standard InChI is InChI=1S/C14H22N4O/c1-9-8-11(18-7-5-6-14(18,3)4)12(10(2)16-9)13(15)17-19/h8,19H,5-7H2,1-4H3,(H2,15,17). The van der Waals surface area contributed by atoms with Gasteiger partial charge in [0.15, 0.2) is 5.84 Å². The number of hydrogen-bond donors (Lipinski definition) is 2. The van der Waals surface area contributed by atoms with Crippen LogP contribution in [0, 0.1) is 13.8 Å². The number of hydrogen-bond acceptors (Lipinski definition) is 4. The Labute approximate surface area is 114 Å². The van der Waals surface area contributed by atoms with E-state index in [4.69, 9.17) is 10.9 Å². The number of rotatable bonds is 2. The zero-order valence-corrected chi connectivity index (χ0v) is 12.1. The van der Waals surface area contributed by atoms with Crippen molar-refractivity contribution in [2.75, 3.05) is 11.4 Å². The van der Waals surface area contributed by atoms with Crippen molar-refractivity contribution in [2.45, 2.75) is 46.1 Å². The van der Waals surface area contributed by atoms with E-state index < -0.39 is 0 Å². The van der Waals surface area contributed by atoms with Crippen molar-refractivity contribution >= 4 is 11.5 Å². The lowest BCUT2D eigenvalue weighted by molar-refractivity contribution is 0.318. The molecule has 1 aliphatic heterocycles. The summed E-state index contributed by atoms with van der Waals surface area (Å²) in [6, 6.07) is 2.02. The van der Waals surface area contributed by atoms with Crippen LogP contribution < -0.4 is 10.6 Å². The molecule has 0 radical (unpaired) electrons. The van der Waals surface area contributed by atoms with Gasteiger partial charge in [-0.1, -0.05) is 5.16 Å². The summed E-state index contributed by atoms with van der Waals surface area (Å²) >= 11 is 0. The minimum Gasteiger partial charge on any atom is -0.409 e. The molecule has 0 bridgehead atoms. The molecule has 1 saturated heterocycles. The van der Waals surface area contributed by atoms with E-state index in [1.807, 2.05) is 19.9 Å². The van der Waals surface area contributed by atoms with Crippen molar-refractivity contribution in [3.05, 3.63) is 23.0 Å². The number of nitrogens with two attached hydrogens (primary N) is 1. The Morgan fingerprint density at radius 2 is 2.16 bits per heavy atom. The third kappa shape index (κ3) is 2.37. The Hall–Kier alpha value is -1.78. The van der Waals surface area contributed by atoms with E-state index in [-0.39, 0.29) is 11.4 Å². The quantitative estimate of drug-likeness (QED) is 0.371. The van der Waals surface area contributed by atoms with E-state index in [2.05, 4.69) is 28.9 Å². The molecule has 3 N–H and O–H groups in total. The van der Waals surface area contributed by atoms with Crippen LogP contribution in [0.25, 0.3) is 0 Å². The predicted molar refractivity (Wildman–Crippen MR) is 76.9 cm³/mol. The van der Waals surface area contributed by atoms with Crippen molar-refractivity contribution in [1.29, 1.82) is 0 Å². The minimum absolute atomic E-state index is 0.0880. The molecule has 0 aromatic carbocycles. The number of oxime groups is 1. The van der Waals surface area contributed by atoms with Gasteiger partial charge in [0.05, 0.1) is 16.9 Å². The summed E-state index contributed by atoms with van der Waals surface area (Å²) in [7, 11) is 0. The van der Waals surface area contributed by atoms with E-state index in [1.54, 1.807) is 0 Å². The number of anilines is 1. The second kappa shape index (κ2) is 4.72. The van der Waals surface area contributed by atoms with Crippen LogP contribution in [-0.4, -0.2) is 28.1 Å². The second-order valence-electron chi connectivity index (χ2n) is 5.80. The van der Waals surface area contributed by atoms with Crippen LogP contribution in [0.4, 0.5) is 5.69 Å². The van der Waals surface area contributed by atoms with Crippen molar-refractivity contribution in [1.82, 2.24) is 4.98 Å². The van der Waals surface area contributed by atoms with Gasteiger partial charge in [0, 0.05) is 17.8 Å². The number of amidine groups is 1. The molecule has 0 unspecified atom stereocenters. The van der Waals surface area contributed by atoms with Crippen molar-refractivity contribution in [3.8, 4) is 0 Å². The Morgan fingerprint density at radius 1 is 1.47 bits per heavy atom. The molecule has 2 heterocycles. The van der Waals surface area contributed by atoms with Crippen LogP contribution >= 0.6 is 0 Å². The van der Waals surface area contributed by atoms with Gasteiger partial charge in [0.25, 0.3) is 0 Å². The highest BCUT2D eigenvalue weighted by Crippen LogP contribution is 2.36. The third-order valence-corrected chi connectivity index (χ3v) is 3.86. The molecule has 0 amide bonds.